The zero-order valence-corrected chi connectivity index (χ0v) is 9.71. The highest BCUT2D eigenvalue weighted by molar-refractivity contribution is 5.65. The van der Waals surface area contributed by atoms with E-state index in [1.165, 1.54) is 12.8 Å². The molecular weight excluding hydrogens is 192 g/mol. The molecule has 4 heteroatoms. The molecule has 1 aliphatic rings. The van der Waals surface area contributed by atoms with Crippen LogP contribution in [0.4, 0.5) is 4.79 Å². The first kappa shape index (κ1) is 12.3. The number of amides is 1. The van der Waals surface area contributed by atoms with Crippen LogP contribution in [0.5, 0.6) is 0 Å². The predicted octanol–water partition coefficient (Wildman–Crippen LogP) is 1.64. The molecule has 1 aliphatic carbocycles. The lowest BCUT2D eigenvalue weighted by atomic mass is 10.0. The van der Waals surface area contributed by atoms with Gasteiger partial charge in [-0.25, -0.2) is 4.79 Å². The number of hydrogen-bond donors (Lipinski definition) is 2. The molecule has 3 N–H and O–H groups in total. The SMILES string of the molecule is CC(C)(CCCNCC1CC1)OC(N)=O. The number of nitrogens with two attached hydrogens (primary N) is 1. The normalized spacial score (nSPS) is 16.4. The smallest absolute Gasteiger partial charge is 0.405 e. The lowest BCUT2D eigenvalue weighted by Crippen LogP contribution is -2.32. The number of ether oxygens (including phenoxy) is 1. The standard InChI is InChI=1S/C11H22N2O2/c1-11(2,15-10(12)14)6-3-7-13-8-9-4-5-9/h9,13H,3-8H2,1-2H3,(H2,12,14). The van der Waals surface area contributed by atoms with E-state index in [0.29, 0.717) is 0 Å². The average molecular weight is 214 g/mol. The molecule has 1 saturated carbocycles. The Morgan fingerprint density at radius 1 is 1.53 bits per heavy atom. The Bertz CT molecular complexity index is 213. The number of carbonyl (C=O) groups is 1. The highest BCUT2D eigenvalue weighted by Gasteiger charge is 2.22. The molecule has 0 spiro atoms. The molecule has 0 saturated heterocycles. The number of carbonyl (C=O) groups excluding carboxylic acids is 1. The fraction of sp³-hybridized carbons (Fsp3) is 0.909. The van der Waals surface area contributed by atoms with Crippen LogP contribution in [0, 0.1) is 5.92 Å². The summed E-state index contributed by atoms with van der Waals surface area (Å²) in [4.78, 5) is 10.6. The number of nitrogens with one attached hydrogen (secondary N) is 1. The summed E-state index contributed by atoms with van der Waals surface area (Å²) in [5.74, 6) is 0.917. The maximum Gasteiger partial charge on any atom is 0.405 e. The first-order chi connectivity index (χ1) is 6.99. The fourth-order valence-electron chi connectivity index (χ4n) is 1.59. The monoisotopic (exact) mass is 214 g/mol. The van der Waals surface area contributed by atoms with Gasteiger partial charge in [0.25, 0.3) is 0 Å². The molecule has 1 amide bonds. The van der Waals surface area contributed by atoms with Gasteiger partial charge >= 0.3 is 6.09 Å². The Morgan fingerprint density at radius 3 is 2.73 bits per heavy atom. The molecule has 0 aromatic carbocycles. The summed E-state index contributed by atoms with van der Waals surface area (Å²) in [6, 6.07) is 0. The van der Waals surface area contributed by atoms with Crippen LogP contribution in [0.2, 0.25) is 0 Å². The Labute approximate surface area is 91.5 Å². The summed E-state index contributed by atoms with van der Waals surface area (Å²) in [6.45, 7) is 5.90. The molecule has 0 aliphatic heterocycles. The fourth-order valence-corrected chi connectivity index (χ4v) is 1.59. The van der Waals surface area contributed by atoms with Gasteiger partial charge in [0.1, 0.15) is 5.60 Å². The predicted molar refractivity (Wildman–Crippen MR) is 59.6 cm³/mol. The first-order valence-corrected chi connectivity index (χ1v) is 5.69. The molecule has 1 fully saturated rings. The van der Waals surface area contributed by atoms with Gasteiger partial charge in [-0.05, 0) is 58.5 Å². The molecule has 88 valence electrons. The van der Waals surface area contributed by atoms with Crippen LogP contribution in [0.3, 0.4) is 0 Å². The van der Waals surface area contributed by atoms with E-state index in [-0.39, 0.29) is 0 Å². The number of rotatable bonds is 7. The summed E-state index contributed by atoms with van der Waals surface area (Å²) in [6.07, 6.45) is 3.92. The minimum atomic E-state index is -0.689. The molecule has 0 bridgehead atoms. The van der Waals surface area contributed by atoms with Crippen molar-refractivity contribution < 1.29 is 9.53 Å². The van der Waals surface area contributed by atoms with Crippen LogP contribution >= 0.6 is 0 Å². The molecule has 4 nitrogen and oxygen atoms in total. The van der Waals surface area contributed by atoms with E-state index in [0.717, 1.165) is 31.8 Å². The van der Waals surface area contributed by atoms with Crippen LogP contribution in [-0.2, 0) is 4.74 Å². The van der Waals surface area contributed by atoms with Gasteiger partial charge in [-0.1, -0.05) is 0 Å². The minimum Gasteiger partial charge on any atom is -0.444 e. The molecular formula is C11H22N2O2. The number of primary amides is 1. The molecule has 0 unspecified atom stereocenters. The quantitative estimate of drug-likeness (QED) is 0.633. The van der Waals surface area contributed by atoms with E-state index in [1.807, 2.05) is 13.8 Å². The van der Waals surface area contributed by atoms with Crippen molar-refractivity contribution in [3.8, 4) is 0 Å². The molecule has 0 aromatic heterocycles. The summed E-state index contributed by atoms with van der Waals surface area (Å²) in [5.41, 5.74) is 4.54. The Hall–Kier alpha value is -0.770. The van der Waals surface area contributed by atoms with Gasteiger partial charge in [0.2, 0.25) is 0 Å². The number of hydrogen-bond acceptors (Lipinski definition) is 3. The van der Waals surface area contributed by atoms with Crippen molar-refractivity contribution in [1.82, 2.24) is 5.32 Å². The van der Waals surface area contributed by atoms with Crippen LogP contribution in [0.15, 0.2) is 0 Å². The van der Waals surface area contributed by atoms with Crippen molar-refractivity contribution in [2.45, 2.75) is 45.1 Å². The highest BCUT2D eigenvalue weighted by Crippen LogP contribution is 2.27. The summed E-state index contributed by atoms with van der Waals surface area (Å²) < 4.78 is 4.99. The first-order valence-electron chi connectivity index (χ1n) is 5.69. The maximum atomic E-state index is 10.6. The highest BCUT2D eigenvalue weighted by atomic mass is 16.6. The Kier molecular flexibility index (Phi) is 4.39. The largest absolute Gasteiger partial charge is 0.444 e. The van der Waals surface area contributed by atoms with Gasteiger partial charge in [-0.3, -0.25) is 0 Å². The zero-order chi connectivity index (χ0) is 11.3. The summed E-state index contributed by atoms with van der Waals surface area (Å²) >= 11 is 0. The van der Waals surface area contributed by atoms with E-state index < -0.39 is 11.7 Å². The van der Waals surface area contributed by atoms with E-state index >= 15 is 0 Å². The van der Waals surface area contributed by atoms with Gasteiger partial charge < -0.3 is 15.8 Å². The van der Waals surface area contributed by atoms with Crippen molar-refractivity contribution in [1.29, 1.82) is 0 Å². The van der Waals surface area contributed by atoms with Crippen LogP contribution in [0.25, 0.3) is 0 Å². The van der Waals surface area contributed by atoms with Crippen LogP contribution < -0.4 is 11.1 Å². The molecule has 15 heavy (non-hydrogen) atoms. The topological polar surface area (TPSA) is 64.3 Å². The van der Waals surface area contributed by atoms with Gasteiger partial charge in [0, 0.05) is 0 Å². The summed E-state index contributed by atoms with van der Waals surface area (Å²) in [5, 5.41) is 3.40. The summed E-state index contributed by atoms with van der Waals surface area (Å²) in [7, 11) is 0. The Morgan fingerprint density at radius 2 is 2.20 bits per heavy atom. The zero-order valence-electron chi connectivity index (χ0n) is 9.71. The lowest BCUT2D eigenvalue weighted by Gasteiger charge is -2.23. The second-order valence-corrected chi connectivity index (χ2v) is 4.93. The van der Waals surface area contributed by atoms with Crippen molar-refractivity contribution in [2.24, 2.45) is 11.7 Å². The van der Waals surface area contributed by atoms with Crippen LogP contribution in [0.1, 0.15) is 39.5 Å². The van der Waals surface area contributed by atoms with E-state index in [9.17, 15) is 4.79 Å². The second kappa shape index (κ2) is 5.35. The van der Waals surface area contributed by atoms with Crippen molar-refractivity contribution in [3.63, 3.8) is 0 Å². The van der Waals surface area contributed by atoms with E-state index in [2.05, 4.69) is 5.32 Å². The third kappa shape index (κ3) is 6.33. The molecule has 0 atom stereocenters. The average Bonchev–Trinajstić information content (AvgIpc) is 2.84. The third-order valence-electron chi connectivity index (χ3n) is 2.64. The van der Waals surface area contributed by atoms with Crippen LogP contribution in [-0.4, -0.2) is 24.8 Å². The lowest BCUT2D eigenvalue weighted by molar-refractivity contribution is 0.0377. The van der Waals surface area contributed by atoms with Gasteiger partial charge in [-0.15, -0.1) is 0 Å². The maximum absolute atomic E-state index is 10.6. The molecule has 0 heterocycles. The van der Waals surface area contributed by atoms with Crippen molar-refractivity contribution in [3.05, 3.63) is 0 Å². The van der Waals surface area contributed by atoms with Gasteiger partial charge in [0.05, 0.1) is 0 Å². The molecule has 0 radical (unpaired) electrons. The van der Waals surface area contributed by atoms with Crippen molar-refractivity contribution >= 4 is 6.09 Å². The van der Waals surface area contributed by atoms with Crippen molar-refractivity contribution in [2.75, 3.05) is 13.1 Å². The minimum absolute atomic E-state index is 0.437. The van der Waals surface area contributed by atoms with Gasteiger partial charge in [-0.2, -0.15) is 0 Å². The second-order valence-electron chi connectivity index (χ2n) is 4.93. The van der Waals surface area contributed by atoms with Gasteiger partial charge in [0.15, 0.2) is 0 Å². The Balaban J connectivity index is 1.98. The third-order valence-corrected chi connectivity index (χ3v) is 2.64. The van der Waals surface area contributed by atoms with E-state index in [4.69, 9.17) is 10.5 Å². The van der Waals surface area contributed by atoms with E-state index in [1.54, 1.807) is 0 Å². The molecule has 1 rings (SSSR count). The molecule has 0 aromatic rings.